The van der Waals surface area contributed by atoms with Gasteiger partial charge >= 0.3 is 6.18 Å². The number of thioether (sulfide) groups is 1. The lowest BCUT2D eigenvalue weighted by atomic mass is 10.1. The summed E-state index contributed by atoms with van der Waals surface area (Å²) in [5.74, 6) is 1.31. The van der Waals surface area contributed by atoms with Crippen molar-refractivity contribution in [1.82, 2.24) is 24.5 Å². The van der Waals surface area contributed by atoms with Crippen molar-refractivity contribution >= 4 is 28.3 Å². The zero-order chi connectivity index (χ0) is 23.2. The summed E-state index contributed by atoms with van der Waals surface area (Å²) in [5, 5.41) is 9.40. The normalized spacial score (nSPS) is 18.4. The molecular formula is C23H23F3N6S. The average molecular weight is 473 g/mol. The Bertz CT molecular complexity index is 1300. The number of para-hydroxylation sites is 1. The highest BCUT2D eigenvalue weighted by Crippen LogP contribution is 2.39. The van der Waals surface area contributed by atoms with Gasteiger partial charge in [-0.2, -0.15) is 13.2 Å². The van der Waals surface area contributed by atoms with Crippen molar-refractivity contribution in [2.24, 2.45) is 5.73 Å². The molecule has 0 bridgehead atoms. The Balaban J connectivity index is 1.61. The van der Waals surface area contributed by atoms with E-state index in [-0.39, 0.29) is 18.2 Å². The van der Waals surface area contributed by atoms with Gasteiger partial charge in [-0.3, -0.25) is 9.30 Å². The van der Waals surface area contributed by atoms with Gasteiger partial charge in [0.1, 0.15) is 11.7 Å². The fraction of sp³-hybridized carbons (Fsp3) is 0.348. The van der Waals surface area contributed by atoms with E-state index in [9.17, 15) is 13.2 Å². The van der Waals surface area contributed by atoms with E-state index in [1.165, 1.54) is 17.2 Å². The quantitative estimate of drug-likeness (QED) is 0.425. The van der Waals surface area contributed by atoms with Crippen LogP contribution in [0, 0.1) is 0 Å². The first kappa shape index (κ1) is 22.1. The molecule has 5 rings (SSSR count). The van der Waals surface area contributed by atoms with Crippen molar-refractivity contribution in [3.05, 3.63) is 54.2 Å². The molecule has 6 nitrogen and oxygen atoms in total. The third-order valence-corrected chi connectivity index (χ3v) is 6.81. The number of pyridine rings is 2. The number of benzene rings is 1. The first-order valence-electron chi connectivity index (χ1n) is 10.8. The van der Waals surface area contributed by atoms with Crippen molar-refractivity contribution < 1.29 is 13.2 Å². The second kappa shape index (κ2) is 8.58. The van der Waals surface area contributed by atoms with E-state index in [4.69, 9.17) is 10.7 Å². The molecule has 2 N–H and O–H groups in total. The molecule has 0 amide bonds. The van der Waals surface area contributed by atoms with E-state index in [0.717, 1.165) is 21.6 Å². The van der Waals surface area contributed by atoms with Gasteiger partial charge in [0, 0.05) is 35.6 Å². The van der Waals surface area contributed by atoms with Crippen LogP contribution in [0.3, 0.4) is 0 Å². The van der Waals surface area contributed by atoms with Gasteiger partial charge in [-0.1, -0.05) is 31.2 Å². The molecule has 1 fully saturated rings. The van der Waals surface area contributed by atoms with E-state index in [2.05, 4.69) is 17.1 Å². The molecule has 0 radical (unpaired) electrons. The number of hydrogen-bond acceptors (Lipinski definition) is 6. The molecule has 4 aromatic rings. The summed E-state index contributed by atoms with van der Waals surface area (Å²) < 4.78 is 43.9. The van der Waals surface area contributed by atoms with Crippen LogP contribution in [0.2, 0.25) is 0 Å². The van der Waals surface area contributed by atoms with E-state index in [0.29, 0.717) is 30.1 Å². The Morgan fingerprint density at radius 2 is 2.00 bits per heavy atom. The van der Waals surface area contributed by atoms with Gasteiger partial charge in [0.2, 0.25) is 0 Å². The lowest BCUT2D eigenvalue weighted by Crippen LogP contribution is -2.38. The molecule has 0 aliphatic carbocycles. The molecule has 1 aromatic carbocycles. The van der Waals surface area contributed by atoms with Crippen molar-refractivity contribution in [1.29, 1.82) is 0 Å². The van der Waals surface area contributed by atoms with E-state index in [1.807, 2.05) is 30.3 Å². The lowest BCUT2D eigenvalue weighted by Gasteiger charge is -2.30. The highest BCUT2D eigenvalue weighted by Gasteiger charge is 2.46. The number of fused-ring (bicyclic) bond motifs is 2. The number of hydrogen-bond donors (Lipinski definition) is 1. The van der Waals surface area contributed by atoms with Crippen molar-refractivity contribution in [3.8, 4) is 11.5 Å². The topological polar surface area (TPSA) is 72.3 Å². The second-order valence-corrected chi connectivity index (χ2v) is 9.47. The van der Waals surface area contributed by atoms with E-state index < -0.39 is 12.2 Å². The summed E-state index contributed by atoms with van der Waals surface area (Å²) in [4.78, 5) is 7.25. The number of likely N-dealkylation sites (tertiary alicyclic amines) is 1. The maximum atomic E-state index is 14.1. The molecule has 33 heavy (non-hydrogen) atoms. The Kier molecular flexibility index (Phi) is 5.75. The summed E-state index contributed by atoms with van der Waals surface area (Å²) in [7, 11) is 0. The van der Waals surface area contributed by atoms with Gasteiger partial charge in [-0.15, -0.1) is 22.0 Å². The highest BCUT2D eigenvalue weighted by atomic mass is 32.2. The van der Waals surface area contributed by atoms with Crippen LogP contribution >= 0.6 is 11.8 Å². The van der Waals surface area contributed by atoms with Crippen LogP contribution in [-0.2, 0) is 0 Å². The van der Waals surface area contributed by atoms with Gasteiger partial charge in [0.25, 0.3) is 0 Å². The molecular weight excluding hydrogens is 449 g/mol. The molecule has 2 atom stereocenters. The van der Waals surface area contributed by atoms with Gasteiger partial charge in [0.05, 0.1) is 5.52 Å². The van der Waals surface area contributed by atoms with E-state index in [1.54, 1.807) is 22.2 Å². The van der Waals surface area contributed by atoms with Crippen LogP contribution in [0.1, 0.15) is 24.9 Å². The molecule has 172 valence electrons. The van der Waals surface area contributed by atoms with Crippen LogP contribution < -0.4 is 5.73 Å². The summed E-state index contributed by atoms with van der Waals surface area (Å²) in [6.07, 6.45) is -2.41. The predicted octanol–water partition coefficient (Wildman–Crippen LogP) is 4.69. The van der Waals surface area contributed by atoms with Crippen LogP contribution in [-0.4, -0.2) is 55.5 Å². The average Bonchev–Trinajstić information content (AvgIpc) is 3.39. The minimum atomic E-state index is -4.43. The first-order chi connectivity index (χ1) is 15.8. The summed E-state index contributed by atoms with van der Waals surface area (Å²) in [6.45, 7) is 2.59. The molecule has 1 aliphatic rings. The number of nitrogens with two attached hydrogens (primary N) is 1. The van der Waals surface area contributed by atoms with Gasteiger partial charge in [-0.25, -0.2) is 4.98 Å². The van der Waals surface area contributed by atoms with E-state index >= 15 is 0 Å². The molecule has 1 unspecified atom stereocenters. The minimum absolute atomic E-state index is 0.133. The fourth-order valence-corrected chi connectivity index (χ4v) is 5.20. The number of alkyl halides is 3. The number of rotatable bonds is 5. The Morgan fingerprint density at radius 1 is 1.15 bits per heavy atom. The molecule has 1 aliphatic heterocycles. The minimum Gasteiger partial charge on any atom is -0.326 e. The van der Waals surface area contributed by atoms with Crippen LogP contribution in [0.15, 0.2) is 53.6 Å². The third kappa shape index (κ3) is 4.18. The predicted molar refractivity (Wildman–Crippen MR) is 123 cm³/mol. The summed E-state index contributed by atoms with van der Waals surface area (Å²) in [5.41, 5.74) is 7.89. The molecule has 0 spiro atoms. The van der Waals surface area contributed by atoms with Crippen LogP contribution in [0.25, 0.3) is 28.1 Å². The van der Waals surface area contributed by atoms with Gasteiger partial charge in [0.15, 0.2) is 11.5 Å². The lowest BCUT2D eigenvalue weighted by molar-refractivity contribution is -0.183. The highest BCUT2D eigenvalue weighted by molar-refractivity contribution is 7.99. The smallest absolute Gasteiger partial charge is 0.326 e. The first-order valence-corrected chi connectivity index (χ1v) is 11.8. The third-order valence-electron chi connectivity index (χ3n) is 5.88. The second-order valence-electron chi connectivity index (χ2n) is 8.16. The van der Waals surface area contributed by atoms with Crippen LogP contribution in [0.4, 0.5) is 13.2 Å². The van der Waals surface area contributed by atoms with Gasteiger partial charge in [-0.05, 0) is 35.9 Å². The van der Waals surface area contributed by atoms with Crippen molar-refractivity contribution in [3.63, 3.8) is 0 Å². The molecule has 3 aromatic heterocycles. The molecule has 1 saturated heterocycles. The summed E-state index contributed by atoms with van der Waals surface area (Å²) in [6, 6.07) is 10.8. The maximum Gasteiger partial charge on any atom is 0.408 e. The number of aromatic nitrogens is 4. The molecule has 4 heterocycles. The van der Waals surface area contributed by atoms with Gasteiger partial charge < -0.3 is 5.73 Å². The monoisotopic (exact) mass is 472 g/mol. The zero-order valence-corrected chi connectivity index (χ0v) is 18.8. The molecule has 10 heteroatoms. The number of halogens is 3. The van der Waals surface area contributed by atoms with Crippen LogP contribution in [0.5, 0.6) is 0 Å². The standard InChI is InChI=1S/C23H23F3N6S/c1-2-33-18-5-3-4-14-6-8-17(28-20(14)18)22-30-29-19-9-7-15(12-32(19)22)21(23(24,25)26)31-11-10-16(27)13-31/h3-9,12,16,21H,2,10-11,13,27H2,1H3/t16?,21-/m1/s1. The Hall–Kier alpha value is -2.69. The largest absolute Gasteiger partial charge is 0.408 e. The summed E-state index contributed by atoms with van der Waals surface area (Å²) >= 11 is 1.69. The zero-order valence-electron chi connectivity index (χ0n) is 18.0. The molecule has 0 saturated carbocycles. The Labute approximate surface area is 193 Å². The SMILES string of the molecule is CCSc1cccc2ccc(-c3nnc4ccc([C@@H](N5CCC(N)C5)C(F)(F)F)cn34)nc12. The van der Waals surface area contributed by atoms with Crippen molar-refractivity contribution in [2.75, 3.05) is 18.8 Å². The maximum absolute atomic E-state index is 14.1. The Morgan fingerprint density at radius 3 is 2.73 bits per heavy atom. The fourth-order valence-electron chi connectivity index (χ4n) is 4.42. The van der Waals surface area contributed by atoms with Crippen molar-refractivity contribution in [2.45, 2.75) is 36.5 Å². The number of nitrogens with zero attached hydrogens (tertiary/aromatic N) is 5.